The van der Waals surface area contributed by atoms with Gasteiger partial charge in [0.25, 0.3) is 5.91 Å². The van der Waals surface area contributed by atoms with Crippen molar-refractivity contribution in [2.45, 2.75) is 19.4 Å². The van der Waals surface area contributed by atoms with Gasteiger partial charge in [0.05, 0.1) is 7.11 Å². The van der Waals surface area contributed by atoms with Crippen LogP contribution in [-0.2, 0) is 13.0 Å². The number of H-pyrrole nitrogens is 1. The number of aromatic amines is 1. The van der Waals surface area contributed by atoms with Crippen LogP contribution in [0, 0.1) is 0 Å². The van der Waals surface area contributed by atoms with Crippen molar-refractivity contribution in [3.05, 3.63) is 65.4 Å². The lowest BCUT2D eigenvalue weighted by molar-refractivity contribution is 0.0945. The second-order valence-electron chi connectivity index (χ2n) is 7.32. The number of halogens is 2. The Kier molecular flexibility index (Phi) is 11.4. The molecule has 4 N–H and O–H groups in total. The molecular formula is C23H32Cl2N4O2. The van der Waals surface area contributed by atoms with Crippen LogP contribution in [0.4, 0.5) is 0 Å². The van der Waals surface area contributed by atoms with Gasteiger partial charge in [-0.15, -0.1) is 24.8 Å². The largest absolute Gasteiger partial charge is 0.497 e. The molecule has 0 saturated heterocycles. The number of methoxy groups -OCH3 is 1. The Morgan fingerprint density at radius 1 is 1.06 bits per heavy atom. The molecule has 8 heteroatoms. The molecule has 2 aromatic carbocycles. The normalized spacial score (nSPS) is 10.5. The zero-order chi connectivity index (χ0) is 20.6. The van der Waals surface area contributed by atoms with Crippen molar-refractivity contribution in [2.24, 2.45) is 5.73 Å². The van der Waals surface area contributed by atoms with E-state index in [4.69, 9.17) is 10.5 Å². The van der Waals surface area contributed by atoms with E-state index in [0.29, 0.717) is 18.8 Å². The number of rotatable bonds is 10. The molecule has 6 nitrogen and oxygen atoms in total. The molecule has 0 saturated carbocycles. The fraction of sp³-hybridized carbons (Fsp3) is 0.348. The Morgan fingerprint density at radius 3 is 2.45 bits per heavy atom. The quantitative estimate of drug-likeness (QED) is 0.424. The number of nitrogens with zero attached hydrogens (tertiary/aromatic N) is 1. The van der Waals surface area contributed by atoms with Crippen LogP contribution in [-0.4, -0.2) is 49.6 Å². The van der Waals surface area contributed by atoms with E-state index in [1.165, 1.54) is 5.56 Å². The van der Waals surface area contributed by atoms with Crippen molar-refractivity contribution in [3.63, 3.8) is 0 Å². The lowest BCUT2D eigenvalue weighted by atomic mass is 10.1. The van der Waals surface area contributed by atoms with Gasteiger partial charge in [-0.1, -0.05) is 24.3 Å². The van der Waals surface area contributed by atoms with Crippen molar-refractivity contribution < 1.29 is 9.53 Å². The first-order valence-electron chi connectivity index (χ1n) is 10.0. The molecule has 0 aliphatic carbocycles. The van der Waals surface area contributed by atoms with Crippen molar-refractivity contribution in [2.75, 3.05) is 33.8 Å². The van der Waals surface area contributed by atoms with E-state index in [-0.39, 0.29) is 30.7 Å². The molecule has 31 heavy (non-hydrogen) atoms. The molecule has 1 heterocycles. The van der Waals surface area contributed by atoms with Crippen molar-refractivity contribution >= 4 is 41.6 Å². The molecule has 170 valence electrons. The predicted molar refractivity (Wildman–Crippen MR) is 132 cm³/mol. The van der Waals surface area contributed by atoms with Crippen LogP contribution in [0.2, 0.25) is 0 Å². The number of aryl methyl sites for hydroxylation is 1. The van der Waals surface area contributed by atoms with Crippen LogP contribution >= 0.6 is 24.8 Å². The summed E-state index contributed by atoms with van der Waals surface area (Å²) in [6.07, 6.45) is 2.12. The first-order chi connectivity index (χ1) is 14.1. The summed E-state index contributed by atoms with van der Waals surface area (Å²) in [7, 11) is 3.72. The monoisotopic (exact) mass is 466 g/mol. The number of nitrogens with one attached hydrogen (secondary N) is 2. The SMILES string of the molecule is COc1ccc2[nH]c(C(=O)NCCN(C)CCCc3ccc(CN)cc3)cc2c1.Cl.Cl. The highest BCUT2D eigenvalue weighted by Crippen LogP contribution is 2.21. The number of hydrogen-bond acceptors (Lipinski definition) is 4. The summed E-state index contributed by atoms with van der Waals surface area (Å²) in [5.41, 5.74) is 9.62. The average molecular weight is 467 g/mol. The van der Waals surface area contributed by atoms with Crippen LogP contribution in [0.25, 0.3) is 10.9 Å². The number of benzene rings is 2. The standard InChI is InChI=1S/C23H30N4O2.2ClH/c1-27(12-3-4-17-5-7-18(16-24)8-6-17)13-11-25-23(28)22-15-19-14-20(29-2)9-10-21(19)26-22;;/h5-10,14-15,26H,3-4,11-13,16,24H2,1-2H3,(H,25,28);2*1H. The van der Waals surface area contributed by atoms with E-state index in [1.54, 1.807) is 7.11 Å². The summed E-state index contributed by atoms with van der Waals surface area (Å²) in [5.74, 6) is 0.689. The number of aromatic nitrogens is 1. The number of ether oxygens (including phenoxy) is 1. The lowest BCUT2D eigenvalue weighted by Gasteiger charge is -2.16. The van der Waals surface area contributed by atoms with Crippen molar-refractivity contribution in [1.29, 1.82) is 0 Å². The van der Waals surface area contributed by atoms with Crippen LogP contribution in [0.15, 0.2) is 48.5 Å². The second-order valence-corrected chi connectivity index (χ2v) is 7.32. The van der Waals surface area contributed by atoms with Gasteiger partial charge < -0.3 is 25.7 Å². The zero-order valence-corrected chi connectivity index (χ0v) is 19.7. The van der Waals surface area contributed by atoms with Gasteiger partial charge in [-0.05, 0) is 61.8 Å². The highest BCUT2D eigenvalue weighted by atomic mass is 35.5. The number of fused-ring (bicyclic) bond motifs is 1. The van der Waals surface area contributed by atoms with E-state index in [2.05, 4.69) is 46.5 Å². The smallest absolute Gasteiger partial charge is 0.267 e. The Labute approximate surface area is 196 Å². The zero-order valence-electron chi connectivity index (χ0n) is 18.0. The fourth-order valence-corrected chi connectivity index (χ4v) is 3.32. The Bertz CT molecular complexity index is 944. The predicted octanol–water partition coefficient (Wildman–Crippen LogP) is 3.77. The van der Waals surface area contributed by atoms with Gasteiger partial charge in [-0.3, -0.25) is 4.79 Å². The molecule has 0 aliphatic heterocycles. The highest BCUT2D eigenvalue weighted by Gasteiger charge is 2.10. The molecular weight excluding hydrogens is 435 g/mol. The summed E-state index contributed by atoms with van der Waals surface area (Å²) >= 11 is 0. The molecule has 0 fully saturated rings. The summed E-state index contributed by atoms with van der Waals surface area (Å²) in [5, 5.41) is 3.95. The van der Waals surface area contributed by atoms with Crippen molar-refractivity contribution in [1.82, 2.24) is 15.2 Å². The minimum absolute atomic E-state index is 0. The number of carbonyl (C=O) groups is 1. The number of carbonyl (C=O) groups excluding carboxylic acids is 1. The third-order valence-corrected chi connectivity index (χ3v) is 5.12. The second kappa shape index (κ2) is 13.2. The summed E-state index contributed by atoms with van der Waals surface area (Å²) in [6.45, 7) is 2.99. The Balaban J connectivity index is 0.00000240. The molecule has 3 aromatic rings. The maximum absolute atomic E-state index is 12.4. The summed E-state index contributed by atoms with van der Waals surface area (Å²) in [6, 6.07) is 16.1. The highest BCUT2D eigenvalue weighted by molar-refractivity contribution is 5.98. The molecule has 0 spiro atoms. The maximum Gasteiger partial charge on any atom is 0.267 e. The topological polar surface area (TPSA) is 83.4 Å². The van der Waals surface area contributed by atoms with Gasteiger partial charge in [0, 0.05) is 30.5 Å². The molecule has 0 radical (unpaired) electrons. The maximum atomic E-state index is 12.4. The number of amides is 1. The molecule has 0 unspecified atom stereocenters. The van der Waals surface area contributed by atoms with Gasteiger partial charge in [0.15, 0.2) is 0 Å². The number of hydrogen-bond donors (Lipinski definition) is 3. The van der Waals surface area contributed by atoms with E-state index in [0.717, 1.165) is 48.1 Å². The van der Waals surface area contributed by atoms with E-state index in [1.807, 2.05) is 24.3 Å². The average Bonchev–Trinajstić information content (AvgIpc) is 3.17. The van der Waals surface area contributed by atoms with Gasteiger partial charge in [0.1, 0.15) is 11.4 Å². The van der Waals surface area contributed by atoms with Crippen molar-refractivity contribution in [3.8, 4) is 5.75 Å². The lowest BCUT2D eigenvalue weighted by Crippen LogP contribution is -2.33. The van der Waals surface area contributed by atoms with Gasteiger partial charge >= 0.3 is 0 Å². The summed E-state index contributed by atoms with van der Waals surface area (Å²) in [4.78, 5) is 17.8. The Hall–Kier alpha value is -2.25. The van der Waals surface area contributed by atoms with Crippen LogP contribution in [0.3, 0.4) is 0 Å². The first-order valence-corrected chi connectivity index (χ1v) is 10.0. The molecule has 0 aliphatic rings. The van der Waals surface area contributed by atoms with Crippen LogP contribution < -0.4 is 15.8 Å². The minimum Gasteiger partial charge on any atom is -0.497 e. The molecule has 1 amide bonds. The molecule has 3 rings (SSSR count). The van der Waals surface area contributed by atoms with E-state index in [9.17, 15) is 4.79 Å². The van der Waals surface area contributed by atoms with Gasteiger partial charge in [0.2, 0.25) is 0 Å². The third-order valence-electron chi connectivity index (χ3n) is 5.12. The third kappa shape index (κ3) is 7.74. The number of likely N-dealkylation sites (N-methyl/N-ethyl adjacent to an activating group) is 1. The minimum atomic E-state index is -0.0893. The van der Waals surface area contributed by atoms with E-state index < -0.39 is 0 Å². The number of nitrogens with two attached hydrogens (primary N) is 1. The van der Waals surface area contributed by atoms with Crippen LogP contribution in [0.5, 0.6) is 5.75 Å². The van der Waals surface area contributed by atoms with Gasteiger partial charge in [-0.2, -0.15) is 0 Å². The Morgan fingerprint density at radius 2 is 1.77 bits per heavy atom. The molecule has 1 aromatic heterocycles. The molecule has 0 atom stereocenters. The fourth-order valence-electron chi connectivity index (χ4n) is 3.32. The molecule has 0 bridgehead atoms. The van der Waals surface area contributed by atoms with Crippen LogP contribution in [0.1, 0.15) is 28.0 Å². The first kappa shape index (κ1) is 26.8. The van der Waals surface area contributed by atoms with Gasteiger partial charge in [-0.25, -0.2) is 0 Å². The summed E-state index contributed by atoms with van der Waals surface area (Å²) < 4.78 is 5.23. The van der Waals surface area contributed by atoms with E-state index >= 15 is 0 Å².